The zero-order valence-electron chi connectivity index (χ0n) is 20.0. The van der Waals surface area contributed by atoms with E-state index >= 15 is 0 Å². The summed E-state index contributed by atoms with van der Waals surface area (Å²) in [6.07, 6.45) is 1.46. The molecule has 0 N–H and O–H groups in total. The lowest BCUT2D eigenvalue weighted by Crippen LogP contribution is -2.22. The van der Waals surface area contributed by atoms with Crippen molar-refractivity contribution < 1.29 is 18.8 Å². The molecule has 0 aliphatic rings. The Morgan fingerprint density at radius 2 is 1.86 bits per heavy atom. The predicted octanol–water partition coefficient (Wildman–Crippen LogP) is 5.75. The molecule has 10 nitrogen and oxygen atoms in total. The number of non-ortho nitro benzene ring substituents is 1. The molecule has 1 unspecified atom stereocenters. The van der Waals surface area contributed by atoms with E-state index < -0.39 is 11.6 Å². The molecule has 0 aliphatic heterocycles. The second-order valence-corrected chi connectivity index (χ2v) is 12.4. The van der Waals surface area contributed by atoms with Crippen LogP contribution in [-0.2, 0) is 4.57 Å². The van der Waals surface area contributed by atoms with Crippen LogP contribution in [0.1, 0.15) is 30.6 Å². The van der Waals surface area contributed by atoms with Gasteiger partial charge in [0.1, 0.15) is 5.75 Å². The van der Waals surface area contributed by atoms with Gasteiger partial charge in [-0.3, -0.25) is 19.6 Å². The first-order valence-electron chi connectivity index (χ1n) is 10.7. The maximum Gasteiger partial charge on any atom is 0.403 e. The van der Waals surface area contributed by atoms with Crippen LogP contribution in [0.4, 0.5) is 11.4 Å². The Hall–Kier alpha value is -3.35. The summed E-state index contributed by atoms with van der Waals surface area (Å²) in [5, 5.41) is 20.1. The number of nitrogens with zero attached hydrogens (tertiary/aromatic N) is 5. The van der Waals surface area contributed by atoms with Crippen molar-refractivity contribution in [3.8, 4) is 11.8 Å². The van der Waals surface area contributed by atoms with E-state index in [4.69, 9.17) is 9.79 Å². The summed E-state index contributed by atoms with van der Waals surface area (Å²) in [6.45, 7) is 0.433. The van der Waals surface area contributed by atoms with Gasteiger partial charge in [0.2, 0.25) is 0 Å². The molecule has 186 valence electrons. The molecule has 12 heteroatoms. The van der Waals surface area contributed by atoms with Crippen LogP contribution in [-0.4, -0.2) is 53.1 Å². The van der Waals surface area contributed by atoms with E-state index in [2.05, 4.69) is 4.99 Å². The molecule has 0 saturated heterocycles. The first kappa shape index (κ1) is 27.9. The maximum atomic E-state index is 14.0. The zero-order valence-corrected chi connectivity index (χ0v) is 21.7. The van der Waals surface area contributed by atoms with Gasteiger partial charge in [0.05, 0.1) is 29.4 Å². The number of nitro benzene ring substituents is 1. The molecule has 1 amide bonds. The highest BCUT2D eigenvalue weighted by Crippen LogP contribution is 2.62. The van der Waals surface area contributed by atoms with Crippen molar-refractivity contribution in [2.75, 3.05) is 26.4 Å². The van der Waals surface area contributed by atoms with E-state index in [1.54, 1.807) is 38.4 Å². The summed E-state index contributed by atoms with van der Waals surface area (Å²) in [5.74, 6) is 0.798. The number of carbonyl (C=O) groups excluding carboxylic acids is 1. The summed E-state index contributed by atoms with van der Waals surface area (Å²) in [7, 11) is 3.33. The standard InChI is InChI=1S/C23H28N5O5PS/c1-18(2)16-35-34(32,33-22-12-10-21(11-13-22)28(30)31)27(15-5-14-24)17-25-20-8-6-19(7-9-20)23(29)26(3)4/h6-13,17-18H,5,15-16H2,1-4H3. The van der Waals surface area contributed by atoms with E-state index in [0.717, 1.165) is 11.4 Å². The first-order valence-corrected chi connectivity index (χ1v) is 13.9. The fraction of sp³-hybridized carbons (Fsp3) is 0.348. The van der Waals surface area contributed by atoms with Crippen LogP contribution < -0.4 is 4.52 Å². The minimum Gasteiger partial charge on any atom is -0.422 e. The minimum absolute atomic E-state index is 0.0815. The third-order valence-corrected chi connectivity index (χ3v) is 9.26. The number of hydrogen-bond acceptors (Lipinski definition) is 8. The Morgan fingerprint density at radius 1 is 1.23 bits per heavy atom. The number of carbonyl (C=O) groups is 1. The van der Waals surface area contributed by atoms with E-state index in [-0.39, 0.29) is 36.2 Å². The van der Waals surface area contributed by atoms with Crippen molar-refractivity contribution in [1.82, 2.24) is 9.57 Å². The number of nitro groups is 1. The smallest absolute Gasteiger partial charge is 0.403 e. The number of nitriles is 1. The summed E-state index contributed by atoms with van der Waals surface area (Å²) in [4.78, 5) is 28.4. The highest BCUT2D eigenvalue weighted by atomic mass is 32.7. The summed E-state index contributed by atoms with van der Waals surface area (Å²) >= 11 is 1.12. The quantitative estimate of drug-likeness (QED) is 0.114. The van der Waals surface area contributed by atoms with Crippen LogP contribution in [0.2, 0.25) is 0 Å². The van der Waals surface area contributed by atoms with Crippen molar-refractivity contribution in [3.63, 3.8) is 0 Å². The topological polar surface area (TPSA) is 129 Å². The lowest BCUT2D eigenvalue weighted by Gasteiger charge is -2.28. The predicted molar refractivity (Wildman–Crippen MR) is 138 cm³/mol. The Kier molecular flexibility index (Phi) is 10.3. The largest absolute Gasteiger partial charge is 0.422 e. The average Bonchev–Trinajstić information content (AvgIpc) is 2.83. The van der Waals surface area contributed by atoms with Gasteiger partial charge in [-0.25, -0.2) is 9.56 Å². The molecule has 0 heterocycles. The number of benzene rings is 2. The first-order chi connectivity index (χ1) is 16.6. The minimum atomic E-state index is -3.63. The van der Waals surface area contributed by atoms with Gasteiger partial charge >= 0.3 is 6.72 Å². The summed E-state index contributed by atoms with van der Waals surface area (Å²) in [6, 6.07) is 14.0. The molecule has 2 aromatic carbocycles. The van der Waals surface area contributed by atoms with E-state index in [0.29, 0.717) is 17.0 Å². The summed E-state index contributed by atoms with van der Waals surface area (Å²) in [5.41, 5.74) is 0.925. The Bertz CT molecular complexity index is 1130. The van der Waals surface area contributed by atoms with Crippen molar-refractivity contribution >= 4 is 41.7 Å². The lowest BCUT2D eigenvalue weighted by atomic mass is 10.2. The number of amides is 1. The fourth-order valence-electron chi connectivity index (χ4n) is 2.65. The third-order valence-electron chi connectivity index (χ3n) is 4.47. The molecular weight excluding hydrogens is 489 g/mol. The monoisotopic (exact) mass is 517 g/mol. The number of aliphatic imine (C=N–C) groups is 1. The van der Waals surface area contributed by atoms with Gasteiger partial charge in [0, 0.05) is 44.1 Å². The third kappa shape index (κ3) is 8.42. The van der Waals surface area contributed by atoms with Crippen molar-refractivity contribution in [2.45, 2.75) is 20.3 Å². The Morgan fingerprint density at radius 3 is 2.37 bits per heavy atom. The van der Waals surface area contributed by atoms with Crippen LogP contribution in [0, 0.1) is 27.4 Å². The molecule has 2 rings (SSSR count). The molecular formula is C23H28N5O5PS. The molecule has 35 heavy (non-hydrogen) atoms. The molecule has 0 radical (unpaired) electrons. The van der Waals surface area contributed by atoms with Gasteiger partial charge in [0.15, 0.2) is 0 Å². The SMILES string of the molecule is CC(C)CSP(=O)(Oc1ccc([N+](=O)[O-])cc1)N(C=Nc1ccc(C(=O)N(C)C)cc1)CCC#N. The molecule has 0 aromatic heterocycles. The van der Waals surface area contributed by atoms with Crippen molar-refractivity contribution in [3.05, 3.63) is 64.2 Å². The van der Waals surface area contributed by atoms with Gasteiger partial charge < -0.3 is 9.42 Å². The highest BCUT2D eigenvalue weighted by Gasteiger charge is 2.33. The molecule has 1 atom stereocenters. The normalized spacial score (nSPS) is 12.7. The van der Waals surface area contributed by atoms with Gasteiger partial charge in [-0.1, -0.05) is 13.8 Å². The maximum absolute atomic E-state index is 14.0. The molecule has 0 saturated carbocycles. The number of rotatable bonds is 12. The highest BCUT2D eigenvalue weighted by molar-refractivity contribution is 8.56. The van der Waals surface area contributed by atoms with Gasteiger partial charge in [-0.2, -0.15) is 5.26 Å². The second-order valence-electron chi connectivity index (χ2n) is 8.06. The molecule has 0 spiro atoms. The summed E-state index contributed by atoms with van der Waals surface area (Å²) < 4.78 is 21.3. The molecule has 0 fully saturated rings. The molecule has 2 aromatic rings. The van der Waals surface area contributed by atoms with E-state index in [9.17, 15) is 19.5 Å². The Balaban J connectivity index is 2.35. The average molecular weight is 518 g/mol. The molecule has 0 bridgehead atoms. The zero-order chi connectivity index (χ0) is 26.0. The van der Waals surface area contributed by atoms with Crippen molar-refractivity contribution in [1.29, 1.82) is 5.26 Å². The van der Waals surface area contributed by atoms with Crippen LogP contribution in [0.5, 0.6) is 5.75 Å². The lowest BCUT2D eigenvalue weighted by molar-refractivity contribution is -0.384. The van der Waals surface area contributed by atoms with Crippen LogP contribution in [0.3, 0.4) is 0 Å². The van der Waals surface area contributed by atoms with E-state index in [1.165, 1.54) is 40.2 Å². The second kappa shape index (κ2) is 12.9. The van der Waals surface area contributed by atoms with E-state index in [1.807, 2.05) is 19.9 Å². The van der Waals surface area contributed by atoms with Crippen LogP contribution in [0.15, 0.2) is 53.5 Å². The molecule has 0 aliphatic carbocycles. The van der Waals surface area contributed by atoms with Gasteiger partial charge in [-0.05, 0) is 53.7 Å². The Labute approximate surface area is 209 Å². The number of hydrogen-bond donors (Lipinski definition) is 0. The van der Waals surface area contributed by atoms with Gasteiger partial charge in [-0.15, -0.1) is 0 Å². The fourth-order valence-corrected chi connectivity index (χ4v) is 7.04. The van der Waals surface area contributed by atoms with Crippen molar-refractivity contribution in [2.24, 2.45) is 10.9 Å². The van der Waals surface area contributed by atoms with Crippen LogP contribution in [0.25, 0.3) is 0 Å². The van der Waals surface area contributed by atoms with Gasteiger partial charge in [0.25, 0.3) is 11.6 Å². The van der Waals surface area contributed by atoms with Crippen LogP contribution >= 0.6 is 18.1 Å².